The second-order valence-electron chi connectivity index (χ2n) is 6.55. The Morgan fingerprint density at radius 3 is 2.40 bits per heavy atom. The number of hydrogen-bond acceptors (Lipinski definition) is 5. The number of amides is 2. The number of nitrogens with one attached hydrogen (secondary N) is 2. The maximum absolute atomic E-state index is 12.7. The number of pyridine rings is 1. The predicted molar refractivity (Wildman–Crippen MR) is 113 cm³/mol. The summed E-state index contributed by atoms with van der Waals surface area (Å²) in [5, 5.41) is 9.67. The molecule has 0 aliphatic heterocycles. The van der Waals surface area contributed by atoms with Crippen molar-refractivity contribution >= 4 is 23.2 Å². The van der Waals surface area contributed by atoms with Crippen LogP contribution in [0.5, 0.6) is 0 Å². The van der Waals surface area contributed by atoms with Gasteiger partial charge in [0.2, 0.25) is 0 Å². The molecule has 0 atom stereocenters. The van der Waals surface area contributed by atoms with Gasteiger partial charge in [-0.25, -0.2) is 14.6 Å². The number of anilines is 2. The molecule has 30 heavy (non-hydrogen) atoms. The normalized spacial score (nSPS) is 10.4. The van der Waals surface area contributed by atoms with Crippen LogP contribution >= 0.6 is 0 Å². The first-order valence-corrected chi connectivity index (χ1v) is 9.19. The van der Waals surface area contributed by atoms with Crippen LogP contribution in [0.25, 0.3) is 5.82 Å². The molecule has 2 amide bonds. The summed E-state index contributed by atoms with van der Waals surface area (Å²) in [6, 6.07) is 17.5. The Kier molecular flexibility index (Phi) is 5.29. The molecule has 0 radical (unpaired) electrons. The average molecular weight is 398 g/mol. The Morgan fingerprint density at radius 1 is 0.900 bits per heavy atom. The molecule has 0 saturated heterocycles. The second-order valence-corrected chi connectivity index (χ2v) is 6.55. The van der Waals surface area contributed by atoms with Crippen LogP contribution in [-0.4, -0.2) is 31.6 Å². The molecule has 4 rings (SSSR count). The van der Waals surface area contributed by atoms with E-state index in [1.54, 1.807) is 60.8 Å². The molecular weight excluding hydrogens is 380 g/mol. The van der Waals surface area contributed by atoms with Gasteiger partial charge in [-0.15, -0.1) is 0 Å². The maximum Gasteiger partial charge on any atom is 0.255 e. The molecule has 0 unspecified atom stereocenters. The van der Waals surface area contributed by atoms with E-state index >= 15 is 0 Å². The third-order valence-corrected chi connectivity index (χ3v) is 4.44. The van der Waals surface area contributed by atoms with Gasteiger partial charge in [-0.3, -0.25) is 9.59 Å². The molecule has 0 fully saturated rings. The standard InChI is InChI=1S/C22H18N6O2/c1-15-7-8-17(11-19(15)27-21(29)16-5-3-2-4-6-16)22(30)26-18-9-10-20(24-12-18)28-14-23-13-25-28/h2-14H,1H3,(H,26,30)(H,27,29). The highest BCUT2D eigenvalue weighted by atomic mass is 16.2. The third-order valence-electron chi connectivity index (χ3n) is 4.44. The summed E-state index contributed by atoms with van der Waals surface area (Å²) in [6.07, 6.45) is 4.50. The van der Waals surface area contributed by atoms with E-state index in [1.807, 2.05) is 13.0 Å². The molecule has 148 valence electrons. The van der Waals surface area contributed by atoms with Gasteiger partial charge in [-0.2, -0.15) is 5.10 Å². The smallest absolute Gasteiger partial charge is 0.255 e. The molecule has 8 nitrogen and oxygen atoms in total. The quantitative estimate of drug-likeness (QED) is 0.536. The number of carbonyl (C=O) groups excluding carboxylic acids is 2. The number of benzene rings is 2. The molecule has 2 aromatic heterocycles. The van der Waals surface area contributed by atoms with Crippen LogP contribution in [0, 0.1) is 6.92 Å². The summed E-state index contributed by atoms with van der Waals surface area (Å²) in [7, 11) is 0. The summed E-state index contributed by atoms with van der Waals surface area (Å²) < 4.78 is 1.52. The molecule has 0 spiro atoms. The first-order valence-electron chi connectivity index (χ1n) is 9.19. The van der Waals surface area contributed by atoms with Gasteiger partial charge < -0.3 is 10.6 Å². The molecule has 0 bridgehead atoms. The summed E-state index contributed by atoms with van der Waals surface area (Å²) in [6.45, 7) is 1.87. The minimum absolute atomic E-state index is 0.232. The minimum Gasteiger partial charge on any atom is -0.322 e. The van der Waals surface area contributed by atoms with Crippen LogP contribution in [0.4, 0.5) is 11.4 Å². The zero-order valence-electron chi connectivity index (χ0n) is 16.1. The van der Waals surface area contributed by atoms with Crippen molar-refractivity contribution in [1.82, 2.24) is 19.7 Å². The van der Waals surface area contributed by atoms with Crippen molar-refractivity contribution < 1.29 is 9.59 Å². The highest BCUT2D eigenvalue weighted by Crippen LogP contribution is 2.19. The van der Waals surface area contributed by atoms with E-state index in [4.69, 9.17) is 0 Å². The van der Waals surface area contributed by atoms with Crippen LogP contribution in [0.3, 0.4) is 0 Å². The van der Waals surface area contributed by atoms with Crippen molar-refractivity contribution in [3.8, 4) is 5.82 Å². The Labute approximate surface area is 172 Å². The highest BCUT2D eigenvalue weighted by molar-refractivity contribution is 6.07. The lowest BCUT2D eigenvalue weighted by molar-refractivity contribution is 0.101. The fourth-order valence-corrected chi connectivity index (χ4v) is 2.81. The van der Waals surface area contributed by atoms with E-state index < -0.39 is 0 Å². The molecule has 2 heterocycles. The first kappa shape index (κ1) is 19.0. The van der Waals surface area contributed by atoms with E-state index in [-0.39, 0.29) is 11.8 Å². The lowest BCUT2D eigenvalue weighted by atomic mass is 10.1. The molecule has 2 N–H and O–H groups in total. The number of aryl methyl sites for hydroxylation is 1. The number of hydrogen-bond donors (Lipinski definition) is 2. The van der Waals surface area contributed by atoms with Crippen molar-refractivity contribution in [3.63, 3.8) is 0 Å². The van der Waals surface area contributed by atoms with Crippen LogP contribution in [0.1, 0.15) is 26.3 Å². The number of carbonyl (C=O) groups is 2. The van der Waals surface area contributed by atoms with Crippen LogP contribution < -0.4 is 10.6 Å². The summed E-state index contributed by atoms with van der Waals surface area (Å²) in [5.74, 6) is 0.0522. The summed E-state index contributed by atoms with van der Waals surface area (Å²) >= 11 is 0. The van der Waals surface area contributed by atoms with Gasteiger partial charge in [0.15, 0.2) is 5.82 Å². The Balaban J connectivity index is 1.48. The van der Waals surface area contributed by atoms with Crippen molar-refractivity contribution in [1.29, 1.82) is 0 Å². The lowest BCUT2D eigenvalue weighted by Crippen LogP contribution is -2.15. The first-order chi connectivity index (χ1) is 14.6. The van der Waals surface area contributed by atoms with E-state index in [2.05, 4.69) is 25.7 Å². The van der Waals surface area contributed by atoms with Gasteiger partial charge in [-0.05, 0) is 48.9 Å². The zero-order chi connectivity index (χ0) is 20.9. The van der Waals surface area contributed by atoms with Gasteiger partial charge in [0, 0.05) is 16.8 Å². The van der Waals surface area contributed by atoms with Crippen molar-refractivity contribution in [2.45, 2.75) is 6.92 Å². The Morgan fingerprint density at radius 2 is 1.70 bits per heavy atom. The molecular formula is C22H18N6O2. The predicted octanol–water partition coefficient (Wildman–Crippen LogP) is 3.48. The average Bonchev–Trinajstić information content (AvgIpc) is 3.31. The fraction of sp³-hybridized carbons (Fsp3) is 0.0455. The molecule has 0 aliphatic carbocycles. The van der Waals surface area contributed by atoms with E-state index in [0.29, 0.717) is 28.3 Å². The second kappa shape index (κ2) is 8.36. The zero-order valence-corrected chi connectivity index (χ0v) is 16.1. The van der Waals surface area contributed by atoms with Gasteiger partial charge in [0.25, 0.3) is 11.8 Å². The highest BCUT2D eigenvalue weighted by Gasteiger charge is 2.12. The monoisotopic (exact) mass is 398 g/mol. The SMILES string of the molecule is Cc1ccc(C(=O)Nc2ccc(-n3cncn3)nc2)cc1NC(=O)c1ccccc1. The van der Waals surface area contributed by atoms with E-state index in [1.165, 1.54) is 17.3 Å². The topological polar surface area (TPSA) is 102 Å². The largest absolute Gasteiger partial charge is 0.322 e. The summed E-state index contributed by atoms with van der Waals surface area (Å²) in [4.78, 5) is 33.2. The van der Waals surface area contributed by atoms with Gasteiger partial charge >= 0.3 is 0 Å². The molecule has 8 heteroatoms. The van der Waals surface area contributed by atoms with E-state index in [9.17, 15) is 9.59 Å². The van der Waals surface area contributed by atoms with Crippen molar-refractivity contribution in [2.75, 3.05) is 10.6 Å². The van der Waals surface area contributed by atoms with Crippen LogP contribution in [0.15, 0.2) is 79.5 Å². The Bertz CT molecular complexity index is 1170. The maximum atomic E-state index is 12.7. The van der Waals surface area contributed by atoms with Gasteiger partial charge in [0.1, 0.15) is 12.7 Å². The summed E-state index contributed by atoms with van der Waals surface area (Å²) in [5.41, 5.74) is 2.94. The molecule has 2 aromatic carbocycles. The molecule has 0 saturated carbocycles. The van der Waals surface area contributed by atoms with Crippen LogP contribution in [-0.2, 0) is 0 Å². The van der Waals surface area contributed by atoms with Crippen molar-refractivity contribution in [2.24, 2.45) is 0 Å². The molecule has 4 aromatic rings. The number of nitrogens with zero attached hydrogens (tertiary/aromatic N) is 4. The fourth-order valence-electron chi connectivity index (χ4n) is 2.81. The number of aromatic nitrogens is 4. The molecule has 0 aliphatic rings. The van der Waals surface area contributed by atoms with Crippen molar-refractivity contribution in [3.05, 3.63) is 96.2 Å². The van der Waals surface area contributed by atoms with Crippen LogP contribution in [0.2, 0.25) is 0 Å². The van der Waals surface area contributed by atoms with E-state index in [0.717, 1.165) is 5.56 Å². The lowest BCUT2D eigenvalue weighted by Gasteiger charge is -2.11. The van der Waals surface area contributed by atoms with Gasteiger partial charge in [-0.1, -0.05) is 24.3 Å². The van der Waals surface area contributed by atoms with Gasteiger partial charge in [0.05, 0.1) is 11.9 Å². The third kappa shape index (κ3) is 4.22. The Hall–Kier alpha value is -4.33. The minimum atomic E-state index is -0.305. The number of rotatable bonds is 5.